The zero-order valence-electron chi connectivity index (χ0n) is 19.5. The number of benzene rings is 1. The summed E-state index contributed by atoms with van der Waals surface area (Å²) in [7, 11) is 0. The van der Waals surface area contributed by atoms with Crippen molar-refractivity contribution in [3.8, 4) is 0 Å². The van der Waals surface area contributed by atoms with Crippen LogP contribution >= 0.6 is 11.8 Å². The second-order valence-corrected chi connectivity index (χ2v) is 9.68. The molecule has 2 heterocycles. The number of piperidine rings is 1. The summed E-state index contributed by atoms with van der Waals surface area (Å²) in [6.07, 6.45) is 4.85. The summed E-state index contributed by atoms with van der Waals surface area (Å²) in [5.41, 5.74) is 1.21. The number of thioether (sulfide) groups is 1. The van der Waals surface area contributed by atoms with Crippen molar-refractivity contribution in [2.75, 3.05) is 38.6 Å². The molecule has 0 bridgehead atoms. The highest BCUT2D eigenvalue weighted by atomic mass is 32.2. The van der Waals surface area contributed by atoms with Crippen LogP contribution in [0.25, 0.3) is 0 Å². The molecule has 0 spiro atoms. The summed E-state index contributed by atoms with van der Waals surface area (Å²) in [4.78, 5) is 14.8. The minimum absolute atomic E-state index is 0.00528. The van der Waals surface area contributed by atoms with Gasteiger partial charge in [0.1, 0.15) is 5.82 Å². The smallest absolute Gasteiger partial charge is 0.230 e. The van der Waals surface area contributed by atoms with Crippen LogP contribution in [0.1, 0.15) is 50.9 Å². The molecule has 2 aromatic rings. The number of amides is 1. The minimum Gasteiger partial charge on any atom is -0.380 e. The van der Waals surface area contributed by atoms with Crippen molar-refractivity contribution in [2.45, 2.75) is 57.8 Å². The van der Waals surface area contributed by atoms with Crippen LogP contribution in [0.5, 0.6) is 0 Å². The van der Waals surface area contributed by atoms with E-state index in [9.17, 15) is 4.79 Å². The molecular formula is C24H37N5O2S. The molecule has 1 aliphatic rings. The maximum atomic E-state index is 12.3. The second kappa shape index (κ2) is 13.6. The summed E-state index contributed by atoms with van der Waals surface area (Å²) in [6.45, 7) is 9.93. The first-order valence-corrected chi connectivity index (χ1v) is 12.8. The zero-order chi connectivity index (χ0) is 22.6. The Hall–Kier alpha value is -1.90. The lowest BCUT2D eigenvalue weighted by Crippen LogP contribution is -2.30. The Morgan fingerprint density at radius 3 is 2.62 bits per heavy atom. The van der Waals surface area contributed by atoms with Gasteiger partial charge in [0, 0.05) is 13.2 Å². The summed E-state index contributed by atoms with van der Waals surface area (Å²) in [5.74, 6) is 1.92. The van der Waals surface area contributed by atoms with Gasteiger partial charge < -0.3 is 14.6 Å². The fourth-order valence-electron chi connectivity index (χ4n) is 3.65. The van der Waals surface area contributed by atoms with E-state index in [-0.39, 0.29) is 5.91 Å². The van der Waals surface area contributed by atoms with Crippen molar-refractivity contribution in [1.82, 2.24) is 25.0 Å². The van der Waals surface area contributed by atoms with Crippen molar-refractivity contribution in [3.63, 3.8) is 0 Å². The quantitative estimate of drug-likeness (QED) is 0.365. The van der Waals surface area contributed by atoms with Crippen molar-refractivity contribution < 1.29 is 9.53 Å². The third-order valence-electron chi connectivity index (χ3n) is 5.53. The van der Waals surface area contributed by atoms with E-state index in [1.807, 2.05) is 18.2 Å². The molecule has 1 fully saturated rings. The Morgan fingerprint density at radius 1 is 1.09 bits per heavy atom. The van der Waals surface area contributed by atoms with E-state index < -0.39 is 0 Å². The number of ether oxygens (including phenoxy) is 1. The first-order chi connectivity index (χ1) is 15.6. The van der Waals surface area contributed by atoms with Gasteiger partial charge in [0.15, 0.2) is 5.16 Å². The average Bonchev–Trinajstić information content (AvgIpc) is 3.17. The first kappa shape index (κ1) is 24.7. The predicted octanol–water partition coefficient (Wildman–Crippen LogP) is 3.58. The van der Waals surface area contributed by atoms with Gasteiger partial charge in [-0.15, -0.1) is 10.2 Å². The van der Waals surface area contributed by atoms with E-state index in [4.69, 9.17) is 4.74 Å². The third kappa shape index (κ3) is 8.56. The van der Waals surface area contributed by atoms with Crippen LogP contribution in [0, 0.1) is 5.92 Å². The highest BCUT2D eigenvalue weighted by Gasteiger charge is 2.18. The van der Waals surface area contributed by atoms with Gasteiger partial charge in [-0.1, -0.05) is 62.4 Å². The average molecular weight is 460 g/mol. The summed E-state index contributed by atoms with van der Waals surface area (Å²) in [5, 5.41) is 12.7. The standard InChI is InChI=1S/C24H37N5O2S/c1-20(2)11-15-31-16-12-25-23(30)19-32-24-27-26-22(18-28-13-7-4-8-14-28)29(24)17-21-9-5-3-6-10-21/h3,5-6,9-10,20H,4,7-8,11-19H2,1-2H3,(H,25,30). The molecule has 1 amide bonds. The molecule has 0 atom stereocenters. The Bertz CT molecular complexity index is 806. The fourth-order valence-corrected chi connectivity index (χ4v) is 4.44. The Morgan fingerprint density at radius 2 is 1.88 bits per heavy atom. The lowest BCUT2D eigenvalue weighted by molar-refractivity contribution is -0.118. The van der Waals surface area contributed by atoms with Gasteiger partial charge in [-0.25, -0.2) is 0 Å². The van der Waals surface area contributed by atoms with E-state index in [0.29, 0.717) is 31.4 Å². The van der Waals surface area contributed by atoms with Gasteiger partial charge in [-0.05, 0) is 43.8 Å². The van der Waals surface area contributed by atoms with Gasteiger partial charge in [0.05, 0.1) is 25.4 Å². The molecule has 8 heteroatoms. The van der Waals surface area contributed by atoms with Crippen molar-refractivity contribution in [3.05, 3.63) is 41.7 Å². The van der Waals surface area contributed by atoms with Crippen LogP contribution < -0.4 is 5.32 Å². The molecule has 3 rings (SSSR count). The second-order valence-electron chi connectivity index (χ2n) is 8.74. The molecule has 176 valence electrons. The Labute approximate surface area is 196 Å². The van der Waals surface area contributed by atoms with Crippen LogP contribution in [0.4, 0.5) is 0 Å². The van der Waals surface area contributed by atoms with E-state index in [2.05, 4.69) is 51.0 Å². The van der Waals surface area contributed by atoms with Crippen molar-refractivity contribution in [2.24, 2.45) is 5.92 Å². The number of nitrogens with one attached hydrogen (secondary N) is 1. The van der Waals surface area contributed by atoms with Crippen molar-refractivity contribution in [1.29, 1.82) is 0 Å². The number of rotatable bonds is 13. The summed E-state index contributed by atoms with van der Waals surface area (Å²) in [6, 6.07) is 10.4. The molecule has 1 saturated heterocycles. The summed E-state index contributed by atoms with van der Waals surface area (Å²) >= 11 is 1.45. The highest BCUT2D eigenvalue weighted by molar-refractivity contribution is 7.99. The largest absolute Gasteiger partial charge is 0.380 e. The van der Waals surface area contributed by atoms with Crippen LogP contribution in [0.15, 0.2) is 35.5 Å². The highest BCUT2D eigenvalue weighted by Crippen LogP contribution is 2.21. The zero-order valence-corrected chi connectivity index (χ0v) is 20.3. The maximum absolute atomic E-state index is 12.3. The normalized spacial score (nSPS) is 14.7. The Balaban J connectivity index is 1.53. The minimum atomic E-state index is -0.00528. The molecular weight excluding hydrogens is 422 g/mol. The number of hydrogen-bond donors (Lipinski definition) is 1. The molecule has 1 aromatic carbocycles. The first-order valence-electron chi connectivity index (χ1n) is 11.8. The van der Waals surface area contributed by atoms with E-state index in [1.54, 1.807) is 0 Å². The summed E-state index contributed by atoms with van der Waals surface area (Å²) < 4.78 is 7.73. The van der Waals surface area contributed by atoms with Gasteiger partial charge in [-0.3, -0.25) is 9.69 Å². The number of likely N-dealkylation sites (tertiary alicyclic amines) is 1. The number of carbonyl (C=O) groups excluding carboxylic acids is 1. The topological polar surface area (TPSA) is 72.3 Å². The number of aromatic nitrogens is 3. The molecule has 0 unspecified atom stereocenters. The molecule has 1 N–H and O–H groups in total. The lowest BCUT2D eigenvalue weighted by atomic mass is 10.1. The van der Waals surface area contributed by atoms with E-state index in [1.165, 1.54) is 36.6 Å². The van der Waals surface area contributed by atoms with E-state index >= 15 is 0 Å². The number of hydrogen-bond acceptors (Lipinski definition) is 6. The molecule has 0 aliphatic carbocycles. The lowest BCUT2D eigenvalue weighted by Gasteiger charge is -2.26. The molecule has 32 heavy (non-hydrogen) atoms. The monoisotopic (exact) mass is 459 g/mol. The molecule has 0 saturated carbocycles. The van der Waals surface area contributed by atoms with Gasteiger partial charge in [-0.2, -0.15) is 0 Å². The molecule has 0 radical (unpaired) electrons. The maximum Gasteiger partial charge on any atom is 0.230 e. The third-order valence-corrected chi connectivity index (χ3v) is 6.50. The van der Waals surface area contributed by atoms with Gasteiger partial charge in [0.2, 0.25) is 5.91 Å². The van der Waals surface area contributed by atoms with Crippen molar-refractivity contribution >= 4 is 17.7 Å². The van der Waals surface area contributed by atoms with Crippen LogP contribution in [-0.4, -0.2) is 64.2 Å². The number of carbonyl (C=O) groups is 1. The van der Waals surface area contributed by atoms with E-state index in [0.717, 1.165) is 43.6 Å². The fraction of sp³-hybridized carbons (Fsp3) is 0.625. The number of nitrogens with zero attached hydrogens (tertiary/aromatic N) is 4. The van der Waals surface area contributed by atoms with Gasteiger partial charge >= 0.3 is 0 Å². The van der Waals surface area contributed by atoms with Crippen LogP contribution in [0.3, 0.4) is 0 Å². The van der Waals surface area contributed by atoms with Crippen LogP contribution in [-0.2, 0) is 22.6 Å². The van der Waals surface area contributed by atoms with Gasteiger partial charge in [0.25, 0.3) is 0 Å². The molecule has 1 aromatic heterocycles. The molecule has 7 nitrogen and oxygen atoms in total. The SMILES string of the molecule is CC(C)CCOCCNC(=O)CSc1nnc(CN2CCCCC2)n1Cc1ccccc1. The predicted molar refractivity (Wildman–Crippen MR) is 129 cm³/mol. The Kier molecular flexibility index (Phi) is 10.5. The van der Waals surface area contributed by atoms with Crippen LogP contribution in [0.2, 0.25) is 0 Å². The molecule has 1 aliphatic heterocycles.